The second-order valence-corrected chi connectivity index (χ2v) is 10.8. The first-order chi connectivity index (χ1) is 15.5. The van der Waals surface area contributed by atoms with Crippen LogP contribution < -0.4 is 10.5 Å². The molecule has 34 heavy (non-hydrogen) atoms. The summed E-state index contributed by atoms with van der Waals surface area (Å²) < 4.78 is 104. The molecule has 0 bridgehead atoms. The fourth-order valence-electron chi connectivity index (χ4n) is 2.93. The van der Waals surface area contributed by atoms with E-state index in [9.17, 15) is 44.0 Å². The van der Waals surface area contributed by atoms with E-state index in [1.165, 1.54) is 18.2 Å². The number of azo groups is 1. The van der Waals surface area contributed by atoms with Gasteiger partial charge in [-0.2, -0.15) is 25.3 Å². The monoisotopic (exact) mass is 532 g/mol. The Hall–Kier alpha value is -3.35. The van der Waals surface area contributed by atoms with Crippen molar-refractivity contribution in [2.45, 2.75) is 14.7 Å². The lowest BCUT2D eigenvalue weighted by Crippen LogP contribution is -2.05. The maximum Gasteiger partial charge on any atom is 0.298 e. The number of aromatic hydroxyl groups is 1. The van der Waals surface area contributed by atoms with Gasteiger partial charge in [-0.15, -0.1) is 10.2 Å². The Kier molecular flexibility index (Phi) is 6.29. The maximum absolute atomic E-state index is 11.9. The molecule has 0 aromatic heterocycles. The van der Waals surface area contributed by atoms with E-state index in [0.717, 1.165) is 13.2 Å². The van der Waals surface area contributed by atoms with Crippen LogP contribution in [0.1, 0.15) is 0 Å². The largest absolute Gasteiger partial charge is 0.505 e. The molecule has 3 aromatic carbocycles. The zero-order valence-electron chi connectivity index (χ0n) is 16.7. The summed E-state index contributed by atoms with van der Waals surface area (Å²) in [6.45, 7) is 0. The molecule has 0 heterocycles. The highest BCUT2D eigenvalue weighted by atomic mass is 32.2. The molecule has 0 unspecified atom stereocenters. The molecule has 0 spiro atoms. The number of hydrogen-bond donors (Lipinski definition) is 4. The molecule has 0 atom stereocenters. The third kappa shape index (κ3) is 4.93. The van der Waals surface area contributed by atoms with Crippen molar-refractivity contribution >= 4 is 58.2 Å². The Labute approximate surface area is 192 Å². The first-order valence-electron chi connectivity index (χ1n) is 8.61. The molecular formula is C17H14N3O11S3. The van der Waals surface area contributed by atoms with Gasteiger partial charge in [0.15, 0.2) is 5.75 Å². The minimum Gasteiger partial charge on any atom is -0.505 e. The van der Waals surface area contributed by atoms with Crippen LogP contribution >= 0.6 is 0 Å². The van der Waals surface area contributed by atoms with E-state index in [-0.39, 0.29) is 16.5 Å². The normalized spacial score (nSPS) is 12.9. The predicted molar refractivity (Wildman–Crippen MR) is 115 cm³/mol. The van der Waals surface area contributed by atoms with Crippen LogP contribution in [-0.2, 0) is 30.4 Å². The van der Waals surface area contributed by atoms with Crippen LogP contribution in [0.25, 0.3) is 10.8 Å². The number of phenolic OH excluding ortho intramolecular Hbond substituents is 1. The molecule has 0 fully saturated rings. The number of methoxy groups -OCH3 is 1. The van der Waals surface area contributed by atoms with Crippen LogP contribution in [0.5, 0.6) is 11.5 Å². The van der Waals surface area contributed by atoms with Crippen molar-refractivity contribution in [2.24, 2.45) is 10.2 Å². The second kappa shape index (κ2) is 8.46. The molecule has 1 radical (unpaired) electrons. The molecule has 181 valence electrons. The smallest absolute Gasteiger partial charge is 0.298 e. The van der Waals surface area contributed by atoms with E-state index in [1.54, 1.807) is 0 Å². The summed E-state index contributed by atoms with van der Waals surface area (Å²) in [7, 11) is -14.2. The maximum atomic E-state index is 11.9. The first kappa shape index (κ1) is 25.3. The zero-order valence-corrected chi connectivity index (χ0v) is 19.2. The SMILES string of the molecule is COc1cc(S(=O)(=O)O)c(/N=N/c2c(S(=O)(=O)O)cc3cc([NH])ccc3c2O)cc1S(=O)(=O)O. The Bertz CT molecular complexity index is 1680. The average Bonchev–Trinajstić information content (AvgIpc) is 2.70. The summed E-state index contributed by atoms with van der Waals surface area (Å²) in [5, 5.41) is 17.5. The molecule has 14 nitrogen and oxygen atoms in total. The summed E-state index contributed by atoms with van der Waals surface area (Å²) in [6, 6.07) is 5.55. The van der Waals surface area contributed by atoms with Crippen molar-refractivity contribution in [3.8, 4) is 11.5 Å². The fourth-order valence-corrected chi connectivity index (χ4v) is 4.86. The van der Waals surface area contributed by atoms with E-state index in [2.05, 4.69) is 10.2 Å². The quantitative estimate of drug-likeness (QED) is 0.265. The third-order valence-corrected chi connectivity index (χ3v) is 7.01. The molecule has 5 N–H and O–H groups in total. The van der Waals surface area contributed by atoms with Gasteiger partial charge in [-0.1, -0.05) is 0 Å². The van der Waals surface area contributed by atoms with Crippen molar-refractivity contribution in [1.29, 1.82) is 0 Å². The highest BCUT2D eigenvalue weighted by Crippen LogP contribution is 2.43. The number of ether oxygens (including phenoxy) is 1. The second-order valence-electron chi connectivity index (χ2n) is 6.60. The van der Waals surface area contributed by atoms with Gasteiger partial charge in [0.1, 0.15) is 31.8 Å². The first-order valence-corrected chi connectivity index (χ1v) is 12.9. The van der Waals surface area contributed by atoms with Crippen LogP contribution in [0.15, 0.2) is 61.3 Å². The summed E-state index contributed by atoms with van der Waals surface area (Å²) in [4.78, 5) is -2.96. The van der Waals surface area contributed by atoms with Gasteiger partial charge < -0.3 is 15.6 Å². The van der Waals surface area contributed by atoms with Crippen molar-refractivity contribution in [3.63, 3.8) is 0 Å². The van der Waals surface area contributed by atoms with E-state index >= 15 is 0 Å². The number of hydrogen-bond acceptors (Lipinski definition) is 10. The number of fused-ring (bicyclic) bond motifs is 1. The van der Waals surface area contributed by atoms with Gasteiger partial charge in [-0.05, 0) is 35.7 Å². The van der Waals surface area contributed by atoms with Crippen LogP contribution in [0.3, 0.4) is 0 Å². The van der Waals surface area contributed by atoms with Crippen molar-refractivity contribution in [3.05, 3.63) is 36.4 Å². The lowest BCUT2D eigenvalue weighted by molar-refractivity contribution is 0.395. The highest BCUT2D eigenvalue weighted by Gasteiger charge is 2.26. The summed E-state index contributed by atoms with van der Waals surface area (Å²) >= 11 is 0. The van der Waals surface area contributed by atoms with E-state index in [4.69, 9.17) is 10.5 Å². The Balaban J connectivity index is 2.38. The van der Waals surface area contributed by atoms with Gasteiger partial charge in [0, 0.05) is 11.5 Å². The topological polar surface area (TPSA) is 241 Å². The van der Waals surface area contributed by atoms with Crippen LogP contribution in [0, 0.1) is 0 Å². The molecule has 0 aliphatic carbocycles. The number of nitrogens with zero attached hydrogens (tertiary/aromatic N) is 2. The lowest BCUT2D eigenvalue weighted by Gasteiger charge is -2.11. The van der Waals surface area contributed by atoms with Gasteiger partial charge in [-0.25, -0.2) is 0 Å². The Morgan fingerprint density at radius 2 is 1.38 bits per heavy atom. The van der Waals surface area contributed by atoms with Gasteiger partial charge in [0.05, 0.1) is 12.8 Å². The number of nitrogens with one attached hydrogen (secondary N) is 1. The molecule has 17 heteroatoms. The summed E-state index contributed by atoms with van der Waals surface area (Å²) in [6.07, 6.45) is 0. The van der Waals surface area contributed by atoms with E-state index in [0.29, 0.717) is 12.1 Å². The Morgan fingerprint density at radius 1 is 0.794 bits per heavy atom. The minimum atomic E-state index is -5.08. The van der Waals surface area contributed by atoms with Gasteiger partial charge in [0.25, 0.3) is 30.4 Å². The minimum absolute atomic E-state index is 0.0132. The summed E-state index contributed by atoms with van der Waals surface area (Å²) in [5.41, 5.74) is 5.81. The van der Waals surface area contributed by atoms with Crippen molar-refractivity contribution < 1.29 is 48.8 Å². The van der Waals surface area contributed by atoms with Gasteiger partial charge in [-0.3, -0.25) is 13.7 Å². The van der Waals surface area contributed by atoms with Crippen LogP contribution in [0.4, 0.5) is 17.1 Å². The molecular weight excluding hydrogens is 518 g/mol. The molecule has 0 saturated carbocycles. The fraction of sp³-hybridized carbons (Fsp3) is 0.0588. The van der Waals surface area contributed by atoms with E-state index in [1.807, 2.05) is 0 Å². The Morgan fingerprint density at radius 3 is 1.91 bits per heavy atom. The molecule has 3 rings (SSSR count). The van der Waals surface area contributed by atoms with E-state index < -0.39 is 67.9 Å². The van der Waals surface area contributed by atoms with Gasteiger partial charge >= 0.3 is 0 Å². The lowest BCUT2D eigenvalue weighted by atomic mass is 10.1. The number of rotatable bonds is 6. The van der Waals surface area contributed by atoms with Gasteiger partial charge in [0.2, 0.25) is 0 Å². The summed E-state index contributed by atoms with van der Waals surface area (Å²) in [5.74, 6) is -1.50. The molecule has 0 aliphatic heterocycles. The number of benzene rings is 3. The van der Waals surface area contributed by atoms with Crippen LogP contribution in [-0.4, -0.2) is 51.1 Å². The predicted octanol–water partition coefficient (Wildman–Crippen LogP) is 2.62. The third-order valence-electron chi connectivity index (χ3n) is 4.39. The molecule has 3 aromatic rings. The standard InChI is InChI=1S/C17H14N3O11S3/c1-31-12-7-13(32(22,23)24)11(6-14(12)33(25,26)27)19-20-16-15(34(28,29)30)5-8-4-9(18)2-3-10(8)17(16)21/h2-7,18,21H,1H3,(H,22,23,24)(H,25,26,27)(H,28,29,30)/b20-19+. The van der Waals surface area contributed by atoms with Crippen LogP contribution in [0.2, 0.25) is 0 Å². The van der Waals surface area contributed by atoms with Crippen molar-refractivity contribution in [1.82, 2.24) is 5.73 Å². The molecule has 0 aliphatic rings. The number of phenols is 1. The van der Waals surface area contributed by atoms with Crippen molar-refractivity contribution in [2.75, 3.05) is 7.11 Å². The average molecular weight is 533 g/mol. The highest BCUT2D eigenvalue weighted by molar-refractivity contribution is 7.86. The molecule has 0 amide bonds. The zero-order chi connectivity index (χ0) is 25.6. The molecule has 0 saturated heterocycles.